The molecule has 0 saturated carbocycles. The summed E-state index contributed by atoms with van der Waals surface area (Å²) in [5, 5.41) is 3.16. The third-order valence-electron chi connectivity index (χ3n) is 2.38. The maximum absolute atomic E-state index is 11.8. The Morgan fingerprint density at radius 1 is 1.42 bits per heavy atom. The summed E-state index contributed by atoms with van der Waals surface area (Å²) < 4.78 is 5.18. The lowest BCUT2D eigenvalue weighted by Crippen LogP contribution is -2.17. The van der Waals surface area contributed by atoms with E-state index in [1.165, 1.54) is 0 Å². The van der Waals surface area contributed by atoms with Crippen LogP contribution >= 0.6 is 0 Å². The molecule has 0 unspecified atom stereocenters. The van der Waals surface area contributed by atoms with Gasteiger partial charge in [0, 0.05) is 12.6 Å². The van der Waals surface area contributed by atoms with E-state index in [4.69, 9.17) is 4.74 Å². The van der Waals surface area contributed by atoms with Crippen LogP contribution in [0.3, 0.4) is 0 Å². The van der Waals surface area contributed by atoms with E-state index in [-0.39, 0.29) is 12.0 Å². The average Bonchev–Trinajstić information content (AvgIpc) is 2.33. The van der Waals surface area contributed by atoms with Crippen molar-refractivity contribution in [3.05, 3.63) is 23.9 Å². The molecule has 0 fully saturated rings. The zero-order valence-electron chi connectivity index (χ0n) is 12.1. The van der Waals surface area contributed by atoms with Crippen LogP contribution in [-0.2, 0) is 4.74 Å². The van der Waals surface area contributed by atoms with Gasteiger partial charge in [0.15, 0.2) is 5.69 Å². The highest BCUT2D eigenvalue weighted by atomic mass is 16.5. The molecule has 19 heavy (non-hydrogen) atoms. The molecule has 0 saturated heterocycles. The standard InChI is InChI=1S/C14H23N3O2/c1-11(2)15-13-8-5-7-12(16-13)14(18)19-10-6-9-17(3)4/h5,7-8,11H,6,9-10H2,1-4H3,(H,15,16). The second-order valence-corrected chi connectivity index (χ2v) is 5.00. The minimum atomic E-state index is -0.369. The Hall–Kier alpha value is -1.62. The van der Waals surface area contributed by atoms with Crippen LogP contribution in [0.25, 0.3) is 0 Å². The van der Waals surface area contributed by atoms with Crippen LogP contribution in [0, 0.1) is 0 Å². The molecular weight excluding hydrogens is 242 g/mol. The summed E-state index contributed by atoms with van der Waals surface area (Å²) in [4.78, 5) is 18.1. The van der Waals surface area contributed by atoms with Crippen molar-refractivity contribution in [2.75, 3.05) is 32.6 Å². The predicted molar refractivity (Wildman–Crippen MR) is 76.4 cm³/mol. The summed E-state index contributed by atoms with van der Waals surface area (Å²) in [7, 11) is 3.98. The first-order chi connectivity index (χ1) is 8.99. The fourth-order valence-electron chi connectivity index (χ4n) is 1.54. The Labute approximate surface area is 115 Å². The number of rotatable bonds is 7. The fourth-order valence-corrected chi connectivity index (χ4v) is 1.54. The highest BCUT2D eigenvalue weighted by Gasteiger charge is 2.09. The van der Waals surface area contributed by atoms with Crippen molar-refractivity contribution in [1.29, 1.82) is 0 Å². The minimum absolute atomic E-state index is 0.277. The number of hydrogen-bond acceptors (Lipinski definition) is 5. The van der Waals surface area contributed by atoms with E-state index in [9.17, 15) is 4.79 Å². The molecular formula is C14H23N3O2. The van der Waals surface area contributed by atoms with E-state index in [2.05, 4.69) is 15.2 Å². The van der Waals surface area contributed by atoms with Crippen LogP contribution in [-0.4, -0.2) is 49.1 Å². The van der Waals surface area contributed by atoms with E-state index >= 15 is 0 Å². The lowest BCUT2D eigenvalue weighted by molar-refractivity contribution is 0.0486. The van der Waals surface area contributed by atoms with Crippen LogP contribution in [0.5, 0.6) is 0 Å². The molecule has 1 N–H and O–H groups in total. The van der Waals surface area contributed by atoms with Crippen LogP contribution in [0.2, 0.25) is 0 Å². The van der Waals surface area contributed by atoms with Crippen molar-refractivity contribution in [2.24, 2.45) is 0 Å². The van der Waals surface area contributed by atoms with Crippen molar-refractivity contribution in [1.82, 2.24) is 9.88 Å². The first-order valence-corrected chi connectivity index (χ1v) is 6.54. The van der Waals surface area contributed by atoms with E-state index < -0.39 is 0 Å². The number of hydrogen-bond donors (Lipinski definition) is 1. The SMILES string of the molecule is CC(C)Nc1cccc(C(=O)OCCCN(C)C)n1. The van der Waals surface area contributed by atoms with Gasteiger partial charge in [-0.3, -0.25) is 0 Å². The van der Waals surface area contributed by atoms with Gasteiger partial charge in [-0.1, -0.05) is 6.07 Å². The van der Waals surface area contributed by atoms with Crippen molar-refractivity contribution >= 4 is 11.8 Å². The molecule has 1 aromatic rings. The molecule has 1 aromatic heterocycles. The van der Waals surface area contributed by atoms with Gasteiger partial charge in [-0.15, -0.1) is 0 Å². The topological polar surface area (TPSA) is 54.5 Å². The number of carbonyl (C=O) groups is 1. The molecule has 5 nitrogen and oxygen atoms in total. The Morgan fingerprint density at radius 2 is 2.16 bits per heavy atom. The summed E-state index contributed by atoms with van der Waals surface area (Å²) >= 11 is 0. The van der Waals surface area contributed by atoms with Gasteiger partial charge in [-0.2, -0.15) is 0 Å². The Kier molecular flexibility index (Phi) is 6.29. The van der Waals surface area contributed by atoms with E-state index in [0.29, 0.717) is 18.1 Å². The number of ether oxygens (including phenoxy) is 1. The lowest BCUT2D eigenvalue weighted by atomic mass is 10.3. The Morgan fingerprint density at radius 3 is 2.79 bits per heavy atom. The molecule has 0 bridgehead atoms. The summed E-state index contributed by atoms with van der Waals surface area (Å²) in [6.45, 7) is 5.36. The summed E-state index contributed by atoms with van der Waals surface area (Å²) in [6.07, 6.45) is 0.822. The molecule has 1 rings (SSSR count). The third-order valence-corrected chi connectivity index (χ3v) is 2.38. The number of aromatic nitrogens is 1. The van der Waals surface area contributed by atoms with Crippen molar-refractivity contribution in [2.45, 2.75) is 26.3 Å². The van der Waals surface area contributed by atoms with Crippen molar-refractivity contribution in [3.63, 3.8) is 0 Å². The first kappa shape index (κ1) is 15.4. The fraction of sp³-hybridized carbons (Fsp3) is 0.571. The second kappa shape index (κ2) is 7.74. The van der Waals surface area contributed by atoms with E-state index in [1.807, 2.05) is 34.0 Å². The number of pyridine rings is 1. The van der Waals surface area contributed by atoms with Crippen LogP contribution in [0.1, 0.15) is 30.8 Å². The Balaban J connectivity index is 2.47. The van der Waals surface area contributed by atoms with Crippen LogP contribution < -0.4 is 5.32 Å². The summed E-state index contributed by atoms with van der Waals surface area (Å²) in [5.41, 5.74) is 0.343. The molecule has 0 atom stereocenters. The van der Waals surface area contributed by atoms with Crippen LogP contribution in [0.4, 0.5) is 5.82 Å². The molecule has 1 heterocycles. The minimum Gasteiger partial charge on any atom is -0.461 e. The zero-order valence-corrected chi connectivity index (χ0v) is 12.1. The maximum Gasteiger partial charge on any atom is 0.357 e. The van der Waals surface area contributed by atoms with Gasteiger partial charge < -0.3 is 15.0 Å². The van der Waals surface area contributed by atoms with Gasteiger partial charge >= 0.3 is 5.97 Å². The highest BCUT2D eigenvalue weighted by molar-refractivity contribution is 5.87. The molecule has 0 aromatic carbocycles. The molecule has 0 amide bonds. The van der Waals surface area contributed by atoms with Gasteiger partial charge in [0.05, 0.1) is 6.61 Å². The van der Waals surface area contributed by atoms with Crippen molar-refractivity contribution in [3.8, 4) is 0 Å². The summed E-state index contributed by atoms with van der Waals surface area (Å²) in [6, 6.07) is 5.58. The van der Waals surface area contributed by atoms with Gasteiger partial charge in [0.2, 0.25) is 0 Å². The number of carbonyl (C=O) groups excluding carboxylic acids is 1. The zero-order chi connectivity index (χ0) is 14.3. The normalized spacial score (nSPS) is 10.8. The monoisotopic (exact) mass is 265 g/mol. The number of nitrogens with one attached hydrogen (secondary N) is 1. The molecule has 106 valence electrons. The van der Waals surface area contributed by atoms with Crippen LogP contribution in [0.15, 0.2) is 18.2 Å². The van der Waals surface area contributed by atoms with Gasteiger partial charge in [0.25, 0.3) is 0 Å². The van der Waals surface area contributed by atoms with E-state index in [1.54, 1.807) is 12.1 Å². The second-order valence-electron chi connectivity index (χ2n) is 5.00. The number of esters is 1. The van der Waals surface area contributed by atoms with Crippen molar-refractivity contribution < 1.29 is 9.53 Å². The molecule has 5 heteroatoms. The van der Waals surface area contributed by atoms with Gasteiger partial charge in [0.1, 0.15) is 5.82 Å². The first-order valence-electron chi connectivity index (χ1n) is 6.54. The highest BCUT2D eigenvalue weighted by Crippen LogP contribution is 2.07. The smallest absolute Gasteiger partial charge is 0.357 e. The average molecular weight is 265 g/mol. The quantitative estimate of drug-likeness (QED) is 0.604. The largest absolute Gasteiger partial charge is 0.461 e. The third kappa shape index (κ3) is 6.20. The molecule has 0 spiro atoms. The summed E-state index contributed by atoms with van der Waals surface area (Å²) in [5.74, 6) is 0.323. The van der Waals surface area contributed by atoms with Gasteiger partial charge in [-0.05, 0) is 46.5 Å². The molecule has 0 radical (unpaired) electrons. The lowest BCUT2D eigenvalue weighted by Gasteiger charge is -2.11. The molecule has 0 aliphatic heterocycles. The van der Waals surface area contributed by atoms with E-state index in [0.717, 1.165) is 13.0 Å². The number of nitrogens with zero attached hydrogens (tertiary/aromatic N) is 2. The molecule has 0 aliphatic rings. The Bertz CT molecular complexity index is 405. The number of anilines is 1. The van der Waals surface area contributed by atoms with Gasteiger partial charge in [-0.25, -0.2) is 9.78 Å². The molecule has 0 aliphatic carbocycles. The predicted octanol–water partition coefficient (Wildman–Crippen LogP) is 2.01. The maximum atomic E-state index is 11.8.